The number of nitrogens with one attached hydrogen (secondary N) is 1. The van der Waals surface area contributed by atoms with E-state index in [0.717, 1.165) is 24.8 Å². The quantitative estimate of drug-likeness (QED) is 0.486. The van der Waals surface area contributed by atoms with E-state index < -0.39 is 11.6 Å². The smallest absolute Gasteiger partial charge is 0.347 e. The Morgan fingerprint density at radius 2 is 1.77 bits per heavy atom. The molecule has 0 aliphatic heterocycles. The van der Waals surface area contributed by atoms with Crippen LogP contribution in [0.25, 0.3) is 0 Å². The molecular formula is C24H31NO5. The summed E-state index contributed by atoms with van der Waals surface area (Å²) in [7, 11) is 0. The molecule has 0 aliphatic carbocycles. The largest absolute Gasteiger partial charge is 0.478 e. The van der Waals surface area contributed by atoms with E-state index in [-0.39, 0.29) is 5.91 Å². The third-order valence-corrected chi connectivity index (χ3v) is 4.67. The van der Waals surface area contributed by atoms with Gasteiger partial charge in [-0.3, -0.25) is 4.79 Å². The molecule has 0 fully saturated rings. The number of aryl methyl sites for hydroxylation is 1. The second kappa shape index (κ2) is 10.7. The van der Waals surface area contributed by atoms with E-state index in [4.69, 9.17) is 9.47 Å². The van der Waals surface area contributed by atoms with Crippen molar-refractivity contribution < 1.29 is 24.2 Å². The van der Waals surface area contributed by atoms with Gasteiger partial charge in [-0.25, -0.2) is 4.79 Å². The molecule has 6 heteroatoms. The molecule has 2 rings (SSSR count). The molecule has 0 heterocycles. The van der Waals surface area contributed by atoms with Crippen LogP contribution >= 0.6 is 0 Å². The van der Waals surface area contributed by atoms with E-state index in [1.807, 2.05) is 6.92 Å². The fourth-order valence-electron chi connectivity index (χ4n) is 2.81. The molecule has 1 amide bonds. The van der Waals surface area contributed by atoms with E-state index >= 15 is 0 Å². The summed E-state index contributed by atoms with van der Waals surface area (Å²) in [4.78, 5) is 23.6. The maximum atomic E-state index is 12.3. The lowest BCUT2D eigenvalue weighted by Gasteiger charge is -2.23. The Bertz CT molecular complexity index is 876. The minimum absolute atomic E-state index is 0.118. The molecule has 0 saturated carbocycles. The Morgan fingerprint density at radius 1 is 1.03 bits per heavy atom. The molecule has 0 radical (unpaired) electrons. The zero-order chi connectivity index (χ0) is 22.1. The van der Waals surface area contributed by atoms with Crippen molar-refractivity contribution in [3.05, 3.63) is 53.6 Å². The fourth-order valence-corrected chi connectivity index (χ4v) is 2.81. The number of aliphatic carboxylic acids is 1. The van der Waals surface area contributed by atoms with Gasteiger partial charge < -0.3 is 19.9 Å². The van der Waals surface area contributed by atoms with Crippen LogP contribution in [0.1, 0.15) is 62.4 Å². The molecule has 0 aliphatic rings. The molecule has 162 valence electrons. The molecule has 0 unspecified atom stereocenters. The van der Waals surface area contributed by atoms with E-state index in [0.29, 0.717) is 29.4 Å². The predicted molar refractivity (Wildman–Crippen MR) is 117 cm³/mol. The summed E-state index contributed by atoms with van der Waals surface area (Å²) in [6.07, 6.45) is 4.43. The van der Waals surface area contributed by atoms with E-state index in [2.05, 4.69) is 12.2 Å². The van der Waals surface area contributed by atoms with Gasteiger partial charge in [-0.05, 0) is 69.2 Å². The topological polar surface area (TPSA) is 84.9 Å². The number of ether oxygens (including phenoxy) is 2. The molecule has 0 spiro atoms. The van der Waals surface area contributed by atoms with Crippen LogP contribution in [0.15, 0.2) is 42.5 Å². The highest BCUT2D eigenvalue weighted by atomic mass is 16.5. The predicted octanol–water partition coefficient (Wildman–Crippen LogP) is 5.34. The minimum Gasteiger partial charge on any atom is -0.478 e. The normalized spacial score (nSPS) is 11.1. The lowest BCUT2D eigenvalue weighted by molar-refractivity contribution is -0.152. The Hall–Kier alpha value is -3.02. The van der Waals surface area contributed by atoms with Crippen LogP contribution in [0.5, 0.6) is 17.2 Å². The third kappa shape index (κ3) is 6.79. The Balaban J connectivity index is 2.01. The van der Waals surface area contributed by atoms with Crippen LogP contribution in [-0.4, -0.2) is 29.1 Å². The molecule has 0 aromatic heterocycles. The highest BCUT2D eigenvalue weighted by molar-refractivity contribution is 5.94. The number of benzene rings is 2. The van der Waals surface area contributed by atoms with Gasteiger partial charge in [-0.1, -0.05) is 32.3 Å². The second-order valence-corrected chi connectivity index (χ2v) is 7.79. The molecule has 30 heavy (non-hydrogen) atoms. The van der Waals surface area contributed by atoms with Gasteiger partial charge in [0, 0.05) is 12.1 Å². The lowest BCUT2D eigenvalue weighted by atomic mass is 10.1. The van der Waals surface area contributed by atoms with Gasteiger partial charge >= 0.3 is 5.97 Å². The standard InChI is InChI=1S/C24H31NO5/c1-5-6-7-8-14-25-22(26)18-10-9-11-19(16-18)29-20-12-13-21(17(2)15-20)30-24(3,4)23(27)28/h9-13,15-16H,5-8,14H2,1-4H3,(H,25,26)(H,27,28). The third-order valence-electron chi connectivity index (χ3n) is 4.67. The van der Waals surface area contributed by atoms with Gasteiger partial charge in [0.25, 0.3) is 5.91 Å². The number of hydrogen-bond acceptors (Lipinski definition) is 4. The highest BCUT2D eigenvalue weighted by Crippen LogP contribution is 2.30. The maximum Gasteiger partial charge on any atom is 0.347 e. The van der Waals surface area contributed by atoms with Crippen molar-refractivity contribution in [2.75, 3.05) is 6.54 Å². The monoisotopic (exact) mass is 413 g/mol. The summed E-state index contributed by atoms with van der Waals surface area (Å²) < 4.78 is 11.5. The first-order chi connectivity index (χ1) is 14.2. The molecule has 6 nitrogen and oxygen atoms in total. The van der Waals surface area contributed by atoms with Gasteiger partial charge in [0.15, 0.2) is 5.60 Å². The number of amides is 1. The molecule has 0 saturated heterocycles. The van der Waals surface area contributed by atoms with Crippen molar-refractivity contribution in [3.63, 3.8) is 0 Å². The van der Waals surface area contributed by atoms with Crippen LogP contribution in [0.3, 0.4) is 0 Å². The zero-order valence-electron chi connectivity index (χ0n) is 18.2. The van der Waals surface area contributed by atoms with Crippen molar-refractivity contribution in [2.45, 2.75) is 59.0 Å². The van der Waals surface area contributed by atoms with Crippen molar-refractivity contribution in [1.29, 1.82) is 0 Å². The molecule has 2 N–H and O–H groups in total. The van der Waals surface area contributed by atoms with Crippen LogP contribution in [-0.2, 0) is 4.79 Å². The number of unbranched alkanes of at least 4 members (excludes halogenated alkanes) is 3. The Labute approximate surface area is 178 Å². The molecule has 2 aromatic rings. The second-order valence-electron chi connectivity index (χ2n) is 7.79. The number of carboxylic acid groups (broad SMARTS) is 1. The minimum atomic E-state index is -1.33. The maximum absolute atomic E-state index is 12.3. The summed E-state index contributed by atoms with van der Waals surface area (Å²) in [6, 6.07) is 12.2. The SMILES string of the molecule is CCCCCCNC(=O)c1cccc(Oc2ccc(OC(C)(C)C(=O)O)c(C)c2)c1. The van der Waals surface area contributed by atoms with Crippen LogP contribution < -0.4 is 14.8 Å². The first-order valence-corrected chi connectivity index (χ1v) is 10.3. The van der Waals surface area contributed by atoms with Gasteiger partial charge in [0.1, 0.15) is 17.2 Å². The summed E-state index contributed by atoms with van der Waals surface area (Å²) in [5.74, 6) is 0.444. The molecule has 0 atom stereocenters. The molecular weight excluding hydrogens is 382 g/mol. The van der Waals surface area contributed by atoms with E-state index in [1.54, 1.807) is 42.5 Å². The number of rotatable bonds is 11. The summed E-state index contributed by atoms with van der Waals surface area (Å²) in [5, 5.41) is 12.2. The average Bonchev–Trinajstić information content (AvgIpc) is 2.70. The first-order valence-electron chi connectivity index (χ1n) is 10.3. The van der Waals surface area contributed by atoms with Crippen LogP contribution in [0, 0.1) is 6.92 Å². The number of hydrogen-bond donors (Lipinski definition) is 2. The van der Waals surface area contributed by atoms with E-state index in [1.165, 1.54) is 20.3 Å². The lowest BCUT2D eigenvalue weighted by Crippen LogP contribution is -2.38. The van der Waals surface area contributed by atoms with E-state index in [9.17, 15) is 14.7 Å². The van der Waals surface area contributed by atoms with Gasteiger partial charge in [0.05, 0.1) is 0 Å². The summed E-state index contributed by atoms with van der Waals surface area (Å²) >= 11 is 0. The fraction of sp³-hybridized carbons (Fsp3) is 0.417. The molecule has 0 bridgehead atoms. The van der Waals surface area contributed by atoms with Crippen molar-refractivity contribution in [3.8, 4) is 17.2 Å². The van der Waals surface area contributed by atoms with Crippen molar-refractivity contribution >= 4 is 11.9 Å². The zero-order valence-corrected chi connectivity index (χ0v) is 18.2. The first kappa shape index (κ1) is 23.3. The average molecular weight is 414 g/mol. The van der Waals surface area contributed by atoms with Gasteiger partial charge in [-0.2, -0.15) is 0 Å². The van der Waals surface area contributed by atoms with Crippen molar-refractivity contribution in [1.82, 2.24) is 5.32 Å². The Kier molecular flexibility index (Phi) is 8.27. The van der Waals surface area contributed by atoms with Crippen molar-refractivity contribution in [2.24, 2.45) is 0 Å². The molecule has 2 aromatic carbocycles. The number of carboxylic acids is 1. The van der Waals surface area contributed by atoms with Crippen LogP contribution in [0.4, 0.5) is 0 Å². The number of carbonyl (C=O) groups is 2. The Morgan fingerprint density at radius 3 is 2.43 bits per heavy atom. The van der Waals surface area contributed by atoms with Gasteiger partial charge in [-0.15, -0.1) is 0 Å². The number of carbonyl (C=O) groups excluding carboxylic acids is 1. The summed E-state index contributed by atoms with van der Waals surface area (Å²) in [6.45, 7) is 7.64. The summed E-state index contributed by atoms with van der Waals surface area (Å²) in [5.41, 5.74) is -0.0311. The van der Waals surface area contributed by atoms with Gasteiger partial charge in [0.2, 0.25) is 0 Å². The highest BCUT2D eigenvalue weighted by Gasteiger charge is 2.29. The van der Waals surface area contributed by atoms with Crippen LogP contribution in [0.2, 0.25) is 0 Å².